The molecule has 0 unspecified atom stereocenters. The predicted octanol–water partition coefficient (Wildman–Crippen LogP) is 3.28. The van der Waals surface area contributed by atoms with E-state index in [9.17, 15) is 18.0 Å². The molecule has 0 bridgehead atoms. The summed E-state index contributed by atoms with van der Waals surface area (Å²) < 4.78 is 40.7. The molecule has 1 fully saturated rings. The molecule has 140 valence electrons. The summed E-state index contributed by atoms with van der Waals surface area (Å²) in [4.78, 5) is 20.3. The number of nitrogens with zero attached hydrogens (tertiary/aromatic N) is 4. The van der Waals surface area contributed by atoms with E-state index in [4.69, 9.17) is 0 Å². The smallest absolute Gasteiger partial charge is 0.367 e. The number of fused-ring (bicyclic) bond motifs is 1. The first-order valence-corrected chi connectivity index (χ1v) is 8.28. The first-order chi connectivity index (χ1) is 12.8. The van der Waals surface area contributed by atoms with Gasteiger partial charge in [-0.2, -0.15) is 22.7 Å². The molecular formula is C17H15F3N6O. The number of alkyl halides is 3. The highest BCUT2D eigenvalue weighted by Gasteiger charge is 2.33. The molecule has 0 radical (unpaired) electrons. The molecule has 1 aliphatic carbocycles. The van der Waals surface area contributed by atoms with Gasteiger partial charge < -0.3 is 5.32 Å². The minimum atomic E-state index is -4.51. The summed E-state index contributed by atoms with van der Waals surface area (Å²) >= 11 is 0. The van der Waals surface area contributed by atoms with Crippen LogP contribution in [0.2, 0.25) is 0 Å². The maximum absolute atomic E-state index is 13.2. The first-order valence-electron chi connectivity index (χ1n) is 8.28. The van der Waals surface area contributed by atoms with E-state index in [1.54, 1.807) is 19.1 Å². The minimum absolute atomic E-state index is 0.00898. The molecule has 1 saturated carbocycles. The van der Waals surface area contributed by atoms with Gasteiger partial charge in [0.1, 0.15) is 5.82 Å². The van der Waals surface area contributed by atoms with E-state index < -0.39 is 17.6 Å². The Morgan fingerprint density at radius 1 is 1.26 bits per heavy atom. The van der Waals surface area contributed by atoms with Gasteiger partial charge in [-0.1, -0.05) is 0 Å². The summed E-state index contributed by atoms with van der Waals surface area (Å²) in [5.41, 5.74) is 0.219. The van der Waals surface area contributed by atoms with Crippen molar-refractivity contribution in [1.29, 1.82) is 0 Å². The largest absolute Gasteiger partial charge is 0.416 e. The van der Waals surface area contributed by atoms with Crippen molar-refractivity contribution in [3.8, 4) is 0 Å². The second-order valence-corrected chi connectivity index (χ2v) is 6.39. The Bertz CT molecular complexity index is 1010. The fraction of sp³-hybridized carbons (Fsp3) is 0.294. The Labute approximate surface area is 151 Å². The molecule has 0 aliphatic heterocycles. The number of rotatable bonds is 4. The zero-order valence-corrected chi connectivity index (χ0v) is 14.2. The highest BCUT2D eigenvalue weighted by molar-refractivity contribution is 6.03. The van der Waals surface area contributed by atoms with Crippen LogP contribution in [0.15, 0.2) is 30.5 Å². The predicted molar refractivity (Wildman–Crippen MR) is 91.6 cm³/mol. The Kier molecular flexibility index (Phi) is 3.97. The summed E-state index contributed by atoms with van der Waals surface area (Å²) in [7, 11) is 0. The van der Waals surface area contributed by atoms with Crippen molar-refractivity contribution < 1.29 is 18.0 Å². The van der Waals surface area contributed by atoms with Crippen LogP contribution in [-0.4, -0.2) is 31.5 Å². The van der Waals surface area contributed by atoms with Crippen LogP contribution in [0.1, 0.15) is 34.5 Å². The van der Waals surface area contributed by atoms with Gasteiger partial charge in [-0.3, -0.25) is 15.1 Å². The number of aryl methyl sites for hydroxylation is 1. The Morgan fingerprint density at radius 2 is 2.04 bits per heavy atom. The number of nitrogens with one attached hydrogen (secondary N) is 2. The Morgan fingerprint density at radius 3 is 2.67 bits per heavy atom. The number of carbonyl (C=O) groups is 1. The molecule has 0 atom stereocenters. The number of amides is 1. The van der Waals surface area contributed by atoms with Gasteiger partial charge in [0.25, 0.3) is 5.91 Å². The number of anilines is 2. The van der Waals surface area contributed by atoms with E-state index in [0.29, 0.717) is 5.56 Å². The lowest BCUT2D eigenvalue weighted by Gasteiger charge is -2.11. The molecule has 1 aliphatic rings. The normalized spacial score (nSPS) is 14.4. The molecule has 2 N–H and O–H groups in total. The zero-order valence-electron chi connectivity index (χ0n) is 14.2. The summed E-state index contributed by atoms with van der Waals surface area (Å²) in [5.74, 6) is -0.391. The molecule has 0 aromatic carbocycles. The van der Waals surface area contributed by atoms with Crippen LogP contribution in [0.4, 0.5) is 24.9 Å². The topological polar surface area (TPSA) is 84.2 Å². The average Bonchev–Trinajstić information content (AvgIpc) is 3.31. The van der Waals surface area contributed by atoms with Crippen LogP contribution in [0.5, 0.6) is 0 Å². The molecule has 7 nitrogen and oxygen atoms in total. The van der Waals surface area contributed by atoms with Gasteiger partial charge in [0.05, 0.1) is 11.1 Å². The number of pyridine rings is 2. The van der Waals surface area contributed by atoms with Gasteiger partial charge in [0, 0.05) is 17.9 Å². The maximum Gasteiger partial charge on any atom is 0.416 e. The van der Waals surface area contributed by atoms with Crippen LogP contribution >= 0.6 is 0 Å². The van der Waals surface area contributed by atoms with E-state index in [-0.39, 0.29) is 23.5 Å². The van der Waals surface area contributed by atoms with Crippen LogP contribution in [0.3, 0.4) is 0 Å². The van der Waals surface area contributed by atoms with Gasteiger partial charge in [-0.05, 0) is 44.0 Å². The quantitative estimate of drug-likeness (QED) is 0.730. The fourth-order valence-corrected chi connectivity index (χ4v) is 2.52. The lowest BCUT2D eigenvalue weighted by atomic mass is 10.2. The monoisotopic (exact) mass is 376 g/mol. The molecule has 0 spiro atoms. The summed E-state index contributed by atoms with van der Waals surface area (Å²) in [6, 6.07) is 5.29. The van der Waals surface area contributed by atoms with Gasteiger partial charge in [-0.25, -0.2) is 0 Å². The van der Waals surface area contributed by atoms with Crippen molar-refractivity contribution in [3.63, 3.8) is 0 Å². The zero-order chi connectivity index (χ0) is 19.2. The number of halogens is 3. The molecule has 3 aromatic rings. The molecule has 10 heteroatoms. The molecule has 4 rings (SSSR count). The molecular weight excluding hydrogens is 361 g/mol. The maximum atomic E-state index is 13.2. The van der Waals surface area contributed by atoms with Crippen molar-refractivity contribution in [1.82, 2.24) is 19.6 Å². The summed E-state index contributed by atoms with van der Waals surface area (Å²) in [6.45, 7) is 1.79. The fourth-order valence-electron chi connectivity index (χ4n) is 2.52. The highest BCUT2D eigenvalue weighted by Crippen LogP contribution is 2.33. The highest BCUT2D eigenvalue weighted by atomic mass is 19.4. The third-order valence-electron chi connectivity index (χ3n) is 4.09. The van der Waals surface area contributed by atoms with E-state index >= 15 is 0 Å². The molecule has 1 amide bonds. The lowest BCUT2D eigenvalue weighted by molar-refractivity contribution is -0.137. The number of carbonyl (C=O) groups excluding carboxylic acids is 1. The van der Waals surface area contributed by atoms with Crippen LogP contribution in [0, 0.1) is 6.92 Å². The van der Waals surface area contributed by atoms with E-state index in [0.717, 1.165) is 30.7 Å². The second kappa shape index (κ2) is 6.22. The number of hydrogen-bond acceptors (Lipinski definition) is 5. The minimum Gasteiger partial charge on any atom is -0.367 e. The van der Waals surface area contributed by atoms with Crippen molar-refractivity contribution in [3.05, 3.63) is 47.3 Å². The first kappa shape index (κ1) is 17.3. The van der Waals surface area contributed by atoms with Crippen LogP contribution in [-0.2, 0) is 6.18 Å². The summed E-state index contributed by atoms with van der Waals surface area (Å²) in [5, 5.41) is 9.63. The molecule has 3 aromatic heterocycles. The number of aromatic nitrogens is 4. The molecule has 0 saturated heterocycles. The molecule has 27 heavy (non-hydrogen) atoms. The van der Waals surface area contributed by atoms with Gasteiger partial charge in [-0.15, -0.1) is 5.10 Å². The van der Waals surface area contributed by atoms with Crippen LogP contribution < -0.4 is 10.6 Å². The van der Waals surface area contributed by atoms with Gasteiger partial charge in [0.2, 0.25) is 5.95 Å². The Balaban J connectivity index is 1.67. The van der Waals surface area contributed by atoms with Crippen molar-refractivity contribution in [2.75, 3.05) is 10.6 Å². The standard InChI is InChI=1S/C17H15F3N6O/c1-9-2-3-10(8-21-9)15(27)24-16-23-14-7-11(17(18,19)20)6-13(26(14)25-16)22-12-4-5-12/h2-3,6-8,12,22H,4-5H2,1H3,(H,24,25,27). The van der Waals surface area contributed by atoms with Crippen molar-refractivity contribution in [2.24, 2.45) is 0 Å². The van der Waals surface area contributed by atoms with Gasteiger partial charge >= 0.3 is 6.18 Å². The SMILES string of the molecule is Cc1ccc(C(=O)Nc2nc3cc(C(F)(F)F)cc(NC4CC4)n3n2)cn1. The van der Waals surface area contributed by atoms with Crippen LogP contribution in [0.25, 0.3) is 5.65 Å². The van der Waals surface area contributed by atoms with Gasteiger partial charge in [0.15, 0.2) is 5.65 Å². The lowest BCUT2D eigenvalue weighted by Crippen LogP contribution is -2.14. The third kappa shape index (κ3) is 3.69. The van der Waals surface area contributed by atoms with E-state index in [1.165, 1.54) is 10.7 Å². The third-order valence-corrected chi connectivity index (χ3v) is 4.09. The van der Waals surface area contributed by atoms with Crippen molar-refractivity contribution >= 4 is 23.3 Å². The second-order valence-electron chi connectivity index (χ2n) is 6.39. The van der Waals surface area contributed by atoms with E-state index in [2.05, 4.69) is 25.7 Å². The molecule has 3 heterocycles. The van der Waals surface area contributed by atoms with Crippen molar-refractivity contribution in [2.45, 2.75) is 32.0 Å². The van der Waals surface area contributed by atoms with E-state index in [1.807, 2.05) is 0 Å². The Hall–Kier alpha value is -3.17. The summed E-state index contributed by atoms with van der Waals surface area (Å²) in [6.07, 6.45) is -1.33. The average molecular weight is 376 g/mol. The number of hydrogen-bond donors (Lipinski definition) is 2.